The zero-order valence-electron chi connectivity index (χ0n) is 12.3. The molecule has 1 aliphatic rings. The summed E-state index contributed by atoms with van der Waals surface area (Å²) in [5.41, 5.74) is 1.95. The van der Waals surface area contributed by atoms with Crippen LogP contribution in [0, 0.1) is 13.8 Å². The number of piperazine rings is 1. The van der Waals surface area contributed by atoms with E-state index in [0.29, 0.717) is 6.04 Å². The second-order valence-corrected chi connectivity index (χ2v) is 5.56. The van der Waals surface area contributed by atoms with Crippen LogP contribution in [0.2, 0.25) is 0 Å². The molecule has 0 aromatic carbocycles. The SMILES string of the molecule is Cc1cnc(C)c(N2CCN(CC(C)O)C(C)C2)n1. The van der Waals surface area contributed by atoms with Crippen molar-refractivity contribution in [3.05, 3.63) is 17.6 Å². The van der Waals surface area contributed by atoms with Crippen LogP contribution in [0.3, 0.4) is 0 Å². The fraction of sp³-hybridized carbons (Fsp3) is 0.714. The third-order valence-corrected chi connectivity index (χ3v) is 3.61. The number of aromatic nitrogens is 2. The van der Waals surface area contributed by atoms with Crippen LogP contribution in [-0.2, 0) is 0 Å². The van der Waals surface area contributed by atoms with Crippen molar-refractivity contribution in [2.45, 2.75) is 39.8 Å². The van der Waals surface area contributed by atoms with E-state index in [1.807, 2.05) is 27.0 Å². The van der Waals surface area contributed by atoms with Gasteiger partial charge in [0.15, 0.2) is 0 Å². The van der Waals surface area contributed by atoms with Crippen molar-refractivity contribution in [1.82, 2.24) is 14.9 Å². The van der Waals surface area contributed by atoms with E-state index in [1.54, 1.807) is 0 Å². The van der Waals surface area contributed by atoms with Crippen LogP contribution in [0.4, 0.5) is 5.82 Å². The summed E-state index contributed by atoms with van der Waals surface area (Å²) in [6.45, 7) is 11.6. The molecule has 2 unspecified atom stereocenters. The molecule has 1 aliphatic heterocycles. The number of nitrogens with zero attached hydrogens (tertiary/aromatic N) is 4. The van der Waals surface area contributed by atoms with Crippen molar-refractivity contribution in [3.8, 4) is 0 Å². The van der Waals surface area contributed by atoms with Gasteiger partial charge in [-0.05, 0) is 27.7 Å². The molecule has 1 fully saturated rings. The highest BCUT2D eigenvalue weighted by Crippen LogP contribution is 2.20. The first-order valence-corrected chi connectivity index (χ1v) is 6.94. The van der Waals surface area contributed by atoms with Gasteiger partial charge in [0, 0.05) is 38.4 Å². The zero-order valence-corrected chi connectivity index (χ0v) is 12.3. The molecule has 5 heteroatoms. The molecule has 1 N–H and O–H groups in total. The summed E-state index contributed by atoms with van der Waals surface area (Å²) < 4.78 is 0. The molecule has 0 amide bonds. The molecule has 1 aromatic rings. The number of anilines is 1. The molecule has 0 bridgehead atoms. The molecule has 0 aliphatic carbocycles. The van der Waals surface area contributed by atoms with Crippen molar-refractivity contribution < 1.29 is 5.11 Å². The monoisotopic (exact) mass is 264 g/mol. The maximum atomic E-state index is 9.51. The Bertz CT molecular complexity index is 435. The van der Waals surface area contributed by atoms with E-state index in [-0.39, 0.29) is 6.10 Å². The molecule has 1 aromatic heterocycles. The number of rotatable bonds is 3. The number of hydrogen-bond acceptors (Lipinski definition) is 5. The largest absolute Gasteiger partial charge is 0.392 e. The standard InChI is InChI=1S/C14H24N4O/c1-10-7-15-13(4)14(16-10)18-6-5-17(9-12(3)19)11(2)8-18/h7,11-12,19H,5-6,8-9H2,1-4H3. The van der Waals surface area contributed by atoms with Gasteiger partial charge in [-0.3, -0.25) is 9.88 Å². The molecule has 0 radical (unpaired) electrons. The maximum Gasteiger partial charge on any atom is 0.150 e. The second kappa shape index (κ2) is 5.84. The lowest BCUT2D eigenvalue weighted by molar-refractivity contribution is 0.0958. The first-order chi connectivity index (χ1) is 8.97. The van der Waals surface area contributed by atoms with Crippen LogP contribution in [-0.4, -0.2) is 58.3 Å². The minimum Gasteiger partial charge on any atom is -0.392 e. The van der Waals surface area contributed by atoms with E-state index in [9.17, 15) is 5.11 Å². The predicted octanol–water partition coefficient (Wildman–Crippen LogP) is 0.985. The van der Waals surface area contributed by atoms with Crippen LogP contribution in [0.25, 0.3) is 0 Å². The van der Waals surface area contributed by atoms with Crippen molar-refractivity contribution in [3.63, 3.8) is 0 Å². The highest BCUT2D eigenvalue weighted by molar-refractivity contribution is 5.44. The highest BCUT2D eigenvalue weighted by Gasteiger charge is 2.26. The molecule has 0 spiro atoms. The summed E-state index contributed by atoms with van der Waals surface area (Å²) in [5, 5.41) is 9.51. The van der Waals surface area contributed by atoms with Crippen LogP contribution < -0.4 is 4.90 Å². The van der Waals surface area contributed by atoms with Gasteiger partial charge in [0.25, 0.3) is 0 Å². The number of aliphatic hydroxyl groups is 1. The lowest BCUT2D eigenvalue weighted by Gasteiger charge is -2.41. The van der Waals surface area contributed by atoms with E-state index in [2.05, 4.69) is 26.7 Å². The average molecular weight is 264 g/mol. The Labute approximate surface area is 115 Å². The molecule has 2 rings (SSSR count). The summed E-state index contributed by atoms with van der Waals surface area (Å²) in [6.07, 6.45) is 1.54. The predicted molar refractivity (Wildman–Crippen MR) is 76.4 cm³/mol. The second-order valence-electron chi connectivity index (χ2n) is 5.56. The first-order valence-electron chi connectivity index (χ1n) is 6.94. The summed E-state index contributed by atoms with van der Waals surface area (Å²) in [6, 6.07) is 0.421. The van der Waals surface area contributed by atoms with Gasteiger partial charge < -0.3 is 10.0 Å². The fourth-order valence-electron chi connectivity index (χ4n) is 2.62. The van der Waals surface area contributed by atoms with Crippen molar-refractivity contribution in [2.75, 3.05) is 31.1 Å². The summed E-state index contributed by atoms with van der Waals surface area (Å²) in [5.74, 6) is 1.00. The highest BCUT2D eigenvalue weighted by atomic mass is 16.3. The van der Waals surface area contributed by atoms with Gasteiger partial charge >= 0.3 is 0 Å². The maximum absolute atomic E-state index is 9.51. The third-order valence-electron chi connectivity index (χ3n) is 3.61. The quantitative estimate of drug-likeness (QED) is 0.882. The smallest absolute Gasteiger partial charge is 0.150 e. The molecule has 5 nitrogen and oxygen atoms in total. The number of aliphatic hydroxyl groups excluding tert-OH is 1. The van der Waals surface area contributed by atoms with E-state index in [1.165, 1.54) is 0 Å². The van der Waals surface area contributed by atoms with E-state index in [0.717, 1.165) is 43.4 Å². The van der Waals surface area contributed by atoms with Gasteiger partial charge in [0.1, 0.15) is 5.82 Å². The van der Waals surface area contributed by atoms with E-state index in [4.69, 9.17) is 0 Å². The Hall–Kier alpha value is -1.20. The van der Waals surface area contributed by atoms with Gasteiger partial charge in [-0.15, -0.1) is 0 Å². The number of β-amino-alcohol motifs (C(OH)–C–C–N with tert-alkyl or cyclic N) is 1. The lowest BCUT2D eigenvalue weighted by Crippen LogP contribution is -2.54. The van der Waals surface area contributed by atoms with Crippen LogP contribution in [0.15, 0.2) is 6.20 Å². The summed E-state index contributed by atoms with van der Waals surface area (Å²) in [4.78, 5) is 13.6. The molecular weight excluding hydrogens is 240 g/mol. The molecule has 2 atom stereocenters. The Morgan fingerprint density at radius 3 is 2.79 bits per heavy atom. The number of hydrogen-bond donors (Lipinski definition) is 1. The molecule has 1 saturated heterocycles. The Balaban J connectivity index is 2.07. The Kier molecular flexibility index (Phi) is 4.37. The summed E-state index contributed by atoms with van der Waals surface area (Å²) >= 11 is 0. The lowest BCUT2D eigenvalue weighted by atomic mass is 10.1. The minimum absolute atomic E-state index is 0.269. The van der Waals surface area contributed by atoms with Crippen LogP contribution >= 0.6 is 0 Å². The Morgan fingerprint density at radius 2 is 2.16 bits per heavy atom. The van der Waals surface area contributed by atoms with Gasteiger partial charge in [0.05, 0.1) is 17.5 Å². The van der Waals surface area contributed by atoms with Crippen molar-refractivity contribution in [2.24, 2.45) is 0 Å². The minimum atomic E-state index is -0.269. The molecular formula is C14H24N4O. The normalized spacial score (nSPS) is 22.6. The van der Waals surface area contributed by atoms with Crippen LogP contribution in [0.1, 0.15) is 25.2 Å². The van der Waals surface area contributed by atoms with Gasteiger partial charge in [0.2, 0.25) is 0 Å². The molecule has 106 valence electrons. The van der Waals surface area contributed by atoms with Gasteiger partial charge in [-0.1, -0.05) is 0 Å². The topological polar surface area (TPSA) is 52.5 Å². The van der Waals surface area contributed by atoms with Crippen molar-refractivity contribution in [1.29, 1.82) is 0 Å². The zero-order chi connectivity index (χ0) is 14.0. The first kappa shape index (κ1) is 14.2. The van der Waals surface area contributed by atoms with Crippen LogP contribution in [0.5, 0.6) is 0 Å². The molecule has 19 heavy (non-hydrogen) atoms. The Morgan fingerprint density at radius 1 is 1.42 bits per heavy atom. The molecule has 2 heterocycles. The number of aryl methyl sites for hydroxylation is 2. The fourth-order valence-corrected chi connectivity index (χ4v) is 2.62. The molecule has 0 saturated carbocycles. The van der Waals surface area contributed by atoms with Gasteiger partial charge in [-0.2, -0.15) is 0 Å². The van der Waals surface area contributed by atoms with Gasteiger partial charge in [-0.25, -0.2) is 4.98 Å². The summed E-state index contributed by atoms with van der Waals surface area (Å²) in [7, 11) is 0. The van der Waals surface area contributed by atoms with Crippen molar-refractivity contribution >= 4 is 5.82 Å². The van der Waals surface area contributed by atoms with E-state index < -0.39 is 0 Å². The van der Waals surface area contributed by atoms with E-state index >= 15 is 0 Å². The average Bonchev–Trinajstić information content (AvgIpc) is 2.34. The third kappa shape index (κ3) is 3.42.